The molecule has 1 amide bonds. The van der Waals surface area contributed by atoms with E-state index in [2.05, 4.69) is 23.7 Å². The summed E-state index contributed by atoms with van der Waals surface area (Å²) < 4.78 is 15.9. The van der Waals surface area contributed by atoms with Crippen LogP contribution in [0.15, 0.2) is 12.2 Å². The fourth-order valence-corrected chi connectivity index (χ4v) is 7.05. The van der Waals surface area contributed by atoms with Gasteiger partial charge in [0.15, 0.2) is 0 Å². The van der Waals surface area contributed by atoms with Gasteiger partial charge in [-0.25, -0.2) is 4.57 Å². The molecule has 0 aliphatic rings. The molecule has 0 aliphatic heterocycles. The quantitative estimate of drug-likeness (QED) is 0.0283. The highest BCUT2D eigenvalue weighted by Gasteiger charge is 2.24. The van der Waals surface area contributed by atoms with E-state index in [-0.39, 0.29) is 5.91 Å². The summed E-state index contributed by atoms with van der Waals surface area (Å²) in [6.07, 6.45) is 45.4. The number of hydrogen-bond acceptors (Lipinski definition) is 4. The predicted octanol–water partition coefficient (Wildman–Crippen LogP) is 12.8. The van der Waals surface area contributed by atoms with Gasteiger partial charge < -0.3 is 20.2 Å². The summed E-state index contributed by atoms with van der Waals surface area (Å²) in [6.45, 7) is 4.06. The van der Waals surface area contributed by atoms with E-state index in [9.17, 15) is 14.5 Å². The molecule has 0 spiro atoms. The van der Waals surface area contributed by atoms with Gasteiger partial charge in [-0.15, -0.1) is 0 Å². The van der Waals surface area contributed by atoms with E-state index < -0.39 is 26.6 Å². The lowest BCUT2D eigenvalue weighted by atomic mass is 10.0. The Hall–Kier alpha value is -0.720. The number of amides is 1. The summed E-state index contributed by atoms with van der Waals surface area (Å²) in [4.78, 5) is 30.8. The highest BCUT2D eigenvalue weighted by Crippen LogP contribution is 2.35. The second-order valence-corrected chi connectivity index (χ2v) is 16.3. The minimum atomic E-state index is -4.71. The number of carbonyl (C=O) groups excluding carboxylic acids is 1. The second kappa shape index (κ2) is 38.0. The van der Waals surface area contributed by atoms with Crippen molar-refractivity contribution in [1.29, 1.82) is 0 Å². The van der Waals surface area contributed by atoms with Crippen LogP contribution in [0.1, 0.15) is 232 Å². The van der Waals surface area contributed by atoms with Crippen molar-refractivity contribution in [3.05, 3.63) is 12.2 Å². The zero-order valence-electron chi connectivity index (χ0n) is 33.1. The summed E-state index contributed by atoms with van der Waals surface area (Å²) in [6, 6.07) is -0.903. The Morgan fingerprint density at radius 2 is 0.880 bits per heavy atom. The Kier molecular flexibility index (Phi) is 37.5. The van der Waals surface area contributed by atoms with Crippen molar-refractivity contribution in [2.45, 2.75) is 244 Å². The molecule has 0 radical (unpaired) electrons. The van der Waals surface area contributed by atoms with E-state index in [1.807, 2.05) is 6.08 Å². The average molecular weight is 730 g/mol. The largest absolute Gasteiger partial charge is 0.469 e. The predicted molar refractivity (Wildman–Crippen MR) is 213 cm³/mol. The third-order valence-corrected chi connectivity index (χ3v) is 10.5. The first kappa shape index (κ1) is 49.3. The smallest absolute Gasteiger partial charge is 0.387 e. The van der Waals surface area contributed by atoms with Gasteiger partial charge in [-0.05, 0) is 19.3 Å². The third kappa shape index (κ3) is 38.5. The molecule has 0 rings (SSSR count). The van der Waals surface area contributed by atoms with Crippen molar-refractivity contribution >= 4 is 13.7 Å². The van der Waals surface area contributed by atoms with Crippen molar-refractivity contribution in [2.75, 3.05) is 6.61 Å². The second-order valence-electron chi connectivity index (χ2n) is 15.0. The molecular weight excluding hydrogens is 645 g/mol. The summed E-state index contributed by atoms with van der Waals surface area (Å²) in [5, 5.41) is 13.3. The van der Waals surface area contributed by atoms with Gasteiger partial charge in [0, 0.05) is 6.42 Å². The van der Waals surface area contributed by atoms with Gasteiger partial charge in [-0.2, -0.15) is 0 Å². The van der Waals surface area contributed by atoms with Gasteiger partial charge >= 0.3 is 7.82 Å². The number of aliphatic hydroxyl groups is 1. The van der Waals surface area contributed by atoms with Crippen LogP contribution in [0.25, 0.3) is 0 Å². The Morgan fingerprint density at radius 3 is 1.22 bits per heavy atom. The highest BCUT2D eigenvalue weighted by atomic mass is 31.2. The fourth-order valence-electron chi connectivity index (χ4n) is 6.70. The molecule has 0 unspecified atom stereocenters. The van der Waals surface area contributed by atoms with Crippen LogP contribution >= 0.6 is 7.82 Å². The van der Waals surface area contributed by atoms with Crippen molar-refractivity contribution in [2.24, 2.45) is 0 Å². The molecule has 0 saturated heterocycles. The number of hydrogen-bond donors (Lipinski definition) is 4. The van der Waals surface area contributed by atoms with Gasteiger partial charge in [0.05, 0.1) is 18.8 Å². The van der Waals surface area contributed by atoms with Crippen molar-refractivity contribution < 1.29 is 28.8 Å². The number of nitrogens with one attached hydrogen (secondary N) is 1. The summed E-state index contributed by atoms with van der Waals surface area (Å²) in [7, 11) is -4.71. The van der Waals surface area contributed by atoms with Crippen LogP contribution in [0.5, 0.6) is 0 Å². The molecular formula is C42H84NO6P. The molecule has 50 heavy (non-hydrogen) atoms. The SMILES string of the molecule is CCCCCCCCCC/C=C/[C@@H](O)[C@H](COP(=O)(O)O)NC(=O)CCCCCCCCCCCCCCCCCCCCCCCCCC. The van der Waals surface area contributed by atoms with Crippen LogP contribution < -0.4 is 5.32 Å². The Balaban J connectivity index is 3.77. The van der Waals surface area contributed by atoms with Gasteiger partial charge in [-0.3, -0.25) is 9.32 Å². The molecule has 0 aliphatic carbocycles. The third-order valence-electron chi connectivity index (χ3n) is 10.00. The molecule has 0 aromatic rings. The van der Waals surface area contributed by atoms with Gasteiger partial charge in [0.25, 0.3) is 0 Å². The summed E-state index contributed by atoms with van der Waals surface area (Å²) >= 11 is 0. The summed E-state index contributed by atoms with van der Waals surface area (Å²) in [5.41, 5.74) is 0. The Bertz CT molecular complexity index is 788. The maximum atomic E-state index is 12.6. The molecule has 2 atom stereocenters. The van der Waals surface area contributed by atoms with E-state index >= 15 is 0 Å². The van der Waals surface area contributed by atoms with Crippen molar-refractivity contribution in [3.8, 4) is 0 Å². The average Bonchev–Trinajstić information content (AvgIpc) is 3.08. The first-order chi connectivity index (χ1) is 24.3. The number of carbonyl (C=O) groups is 1. The fraction of sp³-hybridized carbons (Fsp3) is 0.929. The van der Waals surface area contributed by atoms with E-state index in [0.717, 1.165) is 38.5 Å². The van der Waals surface area contributed by atoms with Gasteiger partial charge in [0.1, 0.15) is 0 Å². The Morgan fingerprint density at radius 1 is 0.560 bits per heavy atom. The van der Waals surface area contributed by atoms with Crippen LogP contribution in [0.2, 0.25) is 0 Å². The Labute approximate surface area is 310 Å². The molecule has 8 heteroatoms. The monoisotopic (exact) mass is 730 g/mol. The normalized spacial score (nSPS) is 13.3. The lowest BCUT2D eigenvalue weighted by Gasteiger charge is -2.22. The molecule has 0 aromatic heterocycles. The lowest BCUT2D eigenvalue weighted by molar-refractivity contribution is -0.123. The minimum absolute atomic E-state index is 0.223. The molecule has 0 bridgehead atoms. The van der Waals surface area contributed by atoms with Gasteiger partial charge in [-0.1, -0.05) is 219 Å². The number of rotatable bonds is 40. The standard InChI is InChI=1S/C42H84NO6P/c1-3-5-7-9-11-13-15-16-17-18-19-20-21-22-23-24-25-26-27-28-30-32-34-36-38-42(45)43-40(39-49-50(46,47)48)41(44)37-35-33-31-29-14-12-10-8-6-4-2/h35,37,40-41,44H,3-34,36,38-39H2,1-2H3,(H,43,45)(H2,46,47,48)/b37-35+/t40-,41+/m0/s1. The van der Waals surface area contributed by atoms with Crippen LogP contribution in [0.3, 0.4) is 0 Å². The maximum Gasteiger partial charge on any atom is 0.469 e. The van der Waals surface area contributed by atoms with Crippen LogP contribution in [-0.4, -0.2) is 39.6 Å². The molecule has 0 heterocycles. The highest BCUT2D eigenvalue weighted by molar-refractivity contribution is 7.46. The topological polar surface area (TPSA) is 116 Å². The molecule has 0 saturated carbocycles. The molecule has 0 aromatic carbocycles. The maximum absolute atomic E-state index is 12.6. The van der Waals surface area contributed by atoms with E-state index in [4.69, 9.17) is 9.79 Å². The van der Waals surface area contributed by atoms with E-state index in [0.29, 0.717) is 6.42 Å². The number of aliphatic hydroxyl groups excluding tert-OH is 1. The molecule has 0 fully saturated rings. The molecule has 298 valence electrons. The molecule has 7 nitrogen and oxygen atoms in total. The van der Waals surface area contributed by atoms with Crippen LogP contribution in [-0.2, 0) is 13.9 Å². The number of phosphoric acid groups is 1. The van der Waals surface area contributed by atoms with Crippen LogP contribution in [0, 0.1) is 0 Å². The first-order valence-corrected chi connectivity index (χ1v) is 23.2. The van der Waals surface area contributed by atoms with Crippen molar-refractivity contribution in [1.82, 2.24) is 5.32 Å². The molecule has 4 N–H and O–H groups in total. The van der Waals surface area contributed by atoms with E-state index in [1.54, 1.807) is 6.08 Å². The van der Waals surface area contributed by atoms with Crippen LogP contribution in [0.4, 0.5) is 0 Å². The minimum Gasteiger partial charge on any atom is -0.387 e. The lowest BCUT2D eigenvalue weighted by Crippen LogP contribution is -2.45. The van der Waals surface area contributed by atoms with Crippen molar-refractivity contribution in [3.63, 3.8) is 0 Å². The van der Waals surface area contributed by atoms with Gasteiger partial charge in [0.2, 0.25) is 5.91 Å². The number of unbranched alkanes of at least 4 members (excludes halogenated alkanes) is 31. The number of phosphoric ester groups is 1. The zero-order valence-corrected chi connectivity index (χ0v) is 34.0. The summed E-state index contributed by atoms with van der Waals surface area (Å²) in [5.74, 6) is -0.223. The first-order valence-electron chi connectivity index (χ1n) is 21.6. The number of allylic oxidation sites excluding steroid dienone is 1. The zero-order chi connectivity index (χ0) is 36.8. The van der Waals surface area contributed by atoms with E-state index in [1.165, 1.54) is 173 Å².